The molecule has 2 aromatic rings. The van der Waals surface area contributed by atoms with E-state index < -0.39 is 0 Å². The van der Waals surface area contributed by atoms with Gasteiger partial charge in [-0.3, -0.25) is 9.59 Å². The fourth-order valence-corrected chi connectivity index (χ4v) is 3.80. The van der Waals surface area contributed by atoms with Crippen molar-refractivity contribution < 1.29 is 23.5 Å². The summed E-state index contributed by atoms with van der Waals surface area (Å²) in [7, 11) is 3.09. The van der Waals surface area contributed by atoms with Gasteiger partial charge in [-0.25, -0.2) is 4.39 Å². The van der Waals surface area contributed by atoms with Gasteiger partial charge in [0.15, 0.2) is 11.5 Å². The van der Waals surface area contributed by atoms with Crippen molar-refractivity contribution in [3.63, 3.8) is 0 Å². The monoisotopic (exact) mass is 428 g/mol. The SMILES string of the molecule is COc1ccc(C(=O)NCC2CCN(C(=O)CCc3cccc(F)c3)CC2)cc1OC. The molecule has 0 spiro atoms. The highest BCUT2D eigenvalue weighted by Crippen LogP contribution is 2.27. The maximum Gasteiger partial charge on any atom is 0.251 e. The zero-order valence-electron chi connectivity index (χ0n) is 18.0. The van der Waals surface area contributed by atoms with Gasteiger partial charge in [0.05, 0.1) is 14.2 Å². The molecule has 1 fully saturated rings. The summed E-state index contributed by atoms with van der Waals surface area (Å²) < 4.78 is 23.7. The van der Waals surface area contributed by atoms with Crippen LogP contribution in [0, 0.1) is 11.7 Å². The van der Waals surface area contributed by atoms with Crippen molar-refractivity contribution in [1.29, 1.82) is 0 Å². The van der Waals surface area contributed by atoms with Crippen molar-refractivity contribution in [1.82, 2.24) is 10.2 Å². The molecule has 7 heteroatoms. The van der Waals surface area contributed by atoms with Crippen molar-refractivity contribution in [2.75, 3.05) is 33.9 Å². The third kappa shape index (κ3) is 6.20. The maximum atomic E-state index is 13.3. The molecule has 31 heavy (non-hydrogen) atoms. The van der Waals surface area contributed by atoms with Crippen molar-refractivity contribution in [3.05, 3.63) is 59.4 Å². The van der Waals surface area contributed by atoms with E-state index >= 15 is 0 Å². The molecule has 0 aromatic heterocycles. The number of ether oxygens (including phenoxy) is 2. The van der Waals surface area contributed by atoms with Crippen LogP contribution in [0.25, 0.3) is 0 Å². The number of rotatable bonds is 8. The van der Waals surface area contributed by atoms with Crippen LogP contribution < -0.4 is 14.8 Å². The van der Waals surface area contributed by atoms with Gasteiger partial charge < -0.3 is 19.7 Å². The first kappa shape index (κ1) is 22.6. The quantitative estimate of drug-likeness (QED) is 0.699. The van der Waals surface area contributed by atoms with Gasteiger partial charge in [-0.2, -0.15) is 0 Å². The normalized spacial score (nSPS) is 14.2. The van der Waals surface area contributed by atoms with E-state index in [1.54, 1.807) is 31.4 Å². The second-order valence-electron chi connectivity index (χ2n) is 7.73. The molecule has 0 saturated carbocycles. The van der Waals surface area contributed by atoms with Crippen LogP contribution in [-0.2, 0) is 11.2 Å². The summed E-state index contributed by atoms with van der Waals surface area (Å²) in [6.45, 7) is 1.93. The van der Waals surface area contributed by atoms with Crippen molar-refractivity contribution in [3.8, 4) is 11.5 Å². The van der Waals surface area contributed by atoms with E-state index in [0.717, 1.165) is 18.4 Å². The van der Waals surface area contributed by atoms with Crippen LogP contribution in [0.3, 0.4) is 0 Å². The molecule has 1 heterocycles. The maximum absolute atomic E-state index is 13.3. The highest BCUT2D eigenvalue weighted by atomic mass is 19.1. The molecule has 1 aliphatic heterocycles. The Morgan fingerprint density at radius 1 is 1.06 bits per heavy atom. The molecule has 0 atom stereocenters. The number of hydrogen-bond donors (Lipinski definition) is 1. The van der Waals surface area contributed by atoms with E-state index in [2.05, 4.69) is 5.32 Å². The van der Waals surface area contributed by atoms with E-state index in [1.165, 1.54) is 19.2 Å². The number of carbonyl (C=O) groups excluding carboxylic acids is 2. The highest BCUT2D eigenvalue weighted by Gasteiger charge is 2.23. The fraction of sp³-hybridized carbons (Fsp3) is 0.417. The predicted molar refractivity (Wildman–Crippen MR) is 116 cm³/mol. The van der Waals surface area contributed by atoms with Gasteiger partial charge in [0.1, 0.15) is 5.82 Å². The molecule has 2 amide bonds. The van der Waals surface area contributed by atoms with Crippen molar-refractivity contribution in [2.24, 2.45) is 5.92 Å². The lowest BCUT2D eigenvalue weighted by atomic mass is 9.96. The van der Waals surface area contributed by atoms with Gasteiger partial charge in [-0.1, -0.05) is 12.1 Å². The Morgan fingerprint density at radius 2 is 1.81 bits per heavy atom. The number of aryl methyl sites for hydroxylation is 1. The Morgan fingerprint density at radius 3 is 2.48 bits per heavy atom. The molecule has 6 nitrogen and oxygen atoms in total. The number of likely N-dealkylation sites (tertiary alicyclic amines) is 1. The van der Waals surface area contributed by atoms with Gasteiger partial charge in [-0.05, 0) is 61.1 Å². The van der Waals surface area contributed by atoms with Gasteiger partial charge >= 0.3 is 0 Å². The Kier molecular flexibility index (Phi) is 7.87. The van der Waals surface area contributed by atoms with Crippen LogP contribution in [0.5, 0.6) is 11.5 Å². The summed E-state index contributed by atoms with van der Waals surface area (Å²) in [4.78, 5) is 26.8. The third-order valence-electron chi connectivity index (χ3n) is 5.68. The standard InChI is InChI=1S/C24H29FN2O4/c1-30-21-8-7-19(15-22(21)31-2)24(29)26-16-18-10-12-27(13-11-18)23(28)9-6-17-4-3-5-20(25)14-17/h3-5,7-8,14-15,18H,6,9-13,16H2,1-2H3,(H,26,29). The summed E-state index contributed by atoms with van der Waals surface area (Å²) in [5.74, 6) is 1.08. The van der Waals surface area contributed by atoms with Gasteiger partial charge in [0, 0.05) is 31.6 Å². The third-order valence-corrected chi connectivity index (χ3v) is 5.68. The molecule has 1 N–H and O–H groups in total. The summed E-state index contributed by atoms with van der Waals surface area (Å²) in [6.07, 6.45) is 2.61. The van der Waals surface area contributed by atoms with Crippen LogP contribution in [-0.4, -0.2) is 50.6 Å². The molecule has 1 saturated heterocycles. The summed E-state index contributed by atoms with van der Waals surface area (Å²) in [5, 5.41) is 2.98. The lowest BCUT2D eigenvalue weighted by Crippen LogP contribution is -2.41. The Hall–Kier alpha value is -3.09. The number of hydrogen-bond acceptors (Lipinski definition) is 4. The predicted octanol–water partition coefficient (Wildman–Crippen LogP) is 3.44. The van der Waals surface area contributed by atoms with E-state index in [9.17, 15) is 14.0 Å². The highest BCUT2D eigenvalue weighted by molar-refractivity contribution is 5.94. The van der Waals surface area contributed by atoms with Crippen LogP contribution in [0.4, 0.5) is 4.39 Å². The lowest BCUT2D eigenvalue weighted by Gasteiger charge is -2.32. The number of carbonyl (C=O) groups is 2. The summed E-state index contributed by atoms with van der Waals surface area (Å²) in [6, 6.07) is 11.5. The number of nitrogens with zero attached hydrogens (tertiary/aromatic N) is 1. The Labute approximate surface area is 182 Å². The topological polar surface area (TPSA) is 67.9 Å². The molecule has 0 bridgehead atoms. The fourth-order valence-electron chi connectivity index (χ4n) is 3.80. The van der Waals surface area contributed by atoms with Gasteiger partial charge in [0.2, 0.25) is 5.91 Å². The second-order valence-corrected chi connectivity index (χ2v) is 7.73. The zero-order valence-corrected chi connectivity index (χ0v) is 18.0. The molecule has 0 unspecified atom stereocenters. The number of methoxy groups -OCH3 is 2. The van der Waals surface area contributed by atoms with E-state index in [1.807, 2.05) is 11.0 Å². The van der Waals surface area contributed by atoms with E-state index in [4.69, 9.17) is 9.47 Å². The summed E-state index contributed by atoms with van der Waals surface area (Å²) >= 11 is 0. The molecule has 1 aliphatic rings. The minimum absolute atomic E-state index is 0.0945. The van der Waals surface area contributed by atoms with E-state index in [0.29, 0.717) is 55.5 Å². The summed E-state index contributed by atoms with van der Waals surface area (Å²) in [5.41, 5.74) is 1.35. The first-order valence-electron chi connectivity index (χ1n) is 10.5. The molecule has 166 valence electrons. The number of halogens is 1. The molecule has 0 radical (unpaired) electrons. The Bertz CT molecular complexity index is 910. The first-order valence-corrected chi connectivity index (χ1v) is 10.5. The van der Waals surface area contributed by atoms with Gasteiger partial charge in [-0.15, -0.1) is 0 Å². The Balaban J connectivity index is 1.41. The minimum Gasteiger partial charge on any atom is -0.493 e. The van der Waals surface area contributed by atoms with E-state index in [-0.39, 0.29) is 17.6 Å². The molecule has 2 aromatic carbocycles. The molecular formula is C24H29FN2O4. The molecule has 3 rings (SSSR count). The minimum atomic E-state index is -0.277. The average molecular weight is 429 g/mol. The van der Waals surface area contributed by atoms with Crippen LogP contribution >= 0.6 is 0 Å². The molecule has 0 aliphatic carbocycles. The number of piperidine rings is 1. The number of amides is 2. The number of nitrogens with one attached hydrogen (secondary N) is 1. The smallest absolute Gasteiger partial charge is 0.251 e. The van der Waals surface area contributed by atoms with Crippen molar-refractivity contribution >= 4 is 11.8 Å². The number of benzene rings is 2. The van der Waals surface area contributed by atoms with Crippen LogP contribution in [0.1, 0.15) is 35.2 Å². The first-order chi connectivity index (χ1) is 15.0. The zero-order chi connectivity index (χ0) is 22.2. The molecular weight excluding hydrogens is 399 g/mol. The van der Waals surface area contributed by atoms with Crippen LogP contribution in [0.2, 0.25) is 0 Å². The van der Waals surface area contributed by atoms with Crippen LogP contribution in [0.15, 0.2) is 42.5 Å². The largest absolute Gasteiger partial charge is 0.493 e. The second kappa shape index (κ2) is 10.8. The lowest BCUT2D eigenvalue weighted by molar-refractivity contribution is -0.132. The average Bonchev–Trinajstić information content (AvgIpc) is 2.80. The van der Waals surface area contributed by atoms with Crippen molar-refractivity contribution in [2.45, 2.75) is 25.7 Å². The van der Waals surface area contributed by atoms with Gasteiger partial charge in [0.25, 0.3) is 5.91 Å².